The van der Waals surface area contributed by atoms with Gasteiger partial charge in [-0.1, -0.05) is 30.3 Å². The van der Waals surface area contributed by atoms with Crippen molar-refractivity contribution in [2.45, 2.75) is 65.3 Å². The Balaban J connectivity index is 1.12. The number of nitrogens with one attached hydrogen (secondary N) is 1. The van der Waals surface area contributed by atoms with Crippen LogP contribution in [0.15, 0.2) is 65.1 Å². The van der Waals surface area contributed by atoms with Crippen LogP contribution in [0.5, 0.6) is 5.75 Å². The van der Waals surface area contributed by atoms with E-state index in [2.05, 4.69) is 9.88 Å². The van der Waals surface area contributed by atoms with Gasteiger partial charge in [-0.25, -0.2) is 14.4 Å². The number of H-pyrrole nitrogens is 1. The Hall–Kier alpha value is -5.20. The molecule has 268 valence electrons. The zero-order valence-electron chi connectivity index (χ0n) is 28.9. The molecular weight excluding hydrogens is 671 g/mol. The second-order valence-corrected chi connectivity index (χ2v) is 13.8. The van der Waals surface area contributed by atoms with E-state index in [0.29, 0.717) is 59.8 Å². The van der Waals surface area contributed by atoms with E-state index in [4.69, 9.17) is 19.1 Å². The van der Waals surface area contributed by atoms with Gasteiger partial charge < -0.3 is 19.2 Å². The molecule has 0 radical (unpaired) electrons. The van der Waals surface area contributed by atoms with E-state index in [0.717, 1.165) is 64.8 Å². The number of halogens is 3. The molecule has 8 rings (SSSR count). The number of rotatable bonds is 10. The summed E-state index contributed by atoms with van der Waals surface area (Å²) in [6.45, 7) is 4.15. The lowest BCUT2D eigenvalue weighted by molar-refractivity contribution is -0.142. The Morgan fingerprint density at radius 1 is 0.904 bits per heavy atom. The molecular formula is C40H38F3N5O4. The summed E-state index contributed by atoms with van der Waals surface area (Å²) in [5, 5.41) is 9.65. The third kappa shape index (κ3) is 6.41. The third-order valence-corrected chi connectivity index (χ3v) is 10.5. The molecule has 0 bridgehead atoms. The molecule has 6 aromatic rings. The second kappa shape index (κ2) is 13.7. The number of aromatic amines is 1. The maximum absolute atomic E-state index is 15.1. The molecule has 0 saturated carbocycles. The number of aromatic nitrogens is 3. The topological polar surface area (TPSA) is 108 Å². The van der Waals surface area contributed by atoms with Crippen molar-refractivity contribution in [3.63, 3.8) is 0 Å². The highest BCUT2D eigenvalue weighted by atomic mass is 19.3. The van der Waals surface area contributed by atoms with Crippen LogP contribution in [0.1, 0.15) is 47.9 Å². The number of alkyl halides is 2. The van der Waals surface area contributed by atoms with Crippen molar-refractivity contribution in [2.24, 2.45) is 0 Å². The zero-order chi connectivity index (χ0) is 36.1. The highest BCUT2D eigenvalue weighted by Gasteiger charge is 2.31. The first kappa shape index (κ1) is 33.9. The van der Waals surface area contributed by atoms with E-state index in [1.165, 1.54) is 12.1 Å². The van der Waals surface area contributed by atoms with Crippen LogP contribution in [-0.2, 0) is 17.9 Å². The Kier molecular flexibility index (Phi) is 8.96. The molecule has 9 nitrogen and oxygen atoms in total. The number of likely N-dealkylation sites (tertiary alicyclic amines) is 2. The number of aliphatic carboxylic acids is 1. The Morgan fingerprint density at radius 2 is 1.60 bits per heavy atom. The molecule has 2 fully saturated rings. The van der Waals surface area contributed by atoms with E-state index in [1.54, 1.807) is 11.0 Å². The number of fused-ring (bicyclic) bond motifs is 2. The van der Waals surface area contributed by atoms with Crippen LogP contribution in [0.2, 0.25) is 0 Å². The van der Waals surface area contributed by atoms with Crippen molar-refractivity contribution in [1.82, 2.24) is 24.8 Å². The SMILES string of the molecule is Cc1c(-c2nc3cc(CN4CCCC4)c(F)cc3[nH]2)cccc1-c1cccc(-c2nc3cc(CN4CCC[C@H]4C(=O)O)c(OC(F)F)cc3o2)c1C. The van der Waals surface area contributed by atoms with E-state index in [1.807, 2.05) is 56.3 Å². The van der Waals surface area contributed by atoms with Crippen LogP contribution in [0.3, 0.4) is 0 Å². The third-order valence-electron chi connectivity index (χ3n) is 10.5. The number of carboxylic acids is 1. The van der Waals surface area contributed by atoms with E-state index >= 15 is 4.39 Å². The van der Waals surface area contributed by atoms with Gasteiger partial charge in [-0.15, -0.1) is 0 Å². The molecule has 2 saturated heterocycles. The molecule has 1 atom stereocenters. The summed E-state index contributed by atoms with van der Waals surface area (Å²) in [4.78, 5) is 28.8. The number of carbonyl (C=O) groups is 1. The predicted octanol–water partition coefficient (Wildman–Crippen LogP) is 8.71. The first-order chi connectivity index (χ1) is 25.1. The summed E-state index contributed by atoms with van der Waals surface area (Å²) in [6.07, 6.45) is 3.47. The Bertz CT molecular complexity index is 2310. The fourth-order valence-electron chi connectivity index (χ4n) is 7.80. The number of benzene rings is 4. The van der Waals surface area contributed by atoms with E-state index in [9.17, 15) is 18.7 Å². The van der Waals surface area contributed by atoms with Gasteiger partial charge in [-0.3, -0.25) is 14.6 Å². The molecule has 4 aromatic carbocycles. The minimum atomic E-state index is -3.07. The van der Waals surface area contributed by atoms with Gasteiger partial charge in [0.05, 0.1) is 11.0 Å². The van der Waals surface area contributed by atoms with Gasteiger partial charge in [0.2, 0.25) is 5.89 Å². The second-order valence-electron chi connectivity index (χ2n) is 13.8. The highest BCUT2D eigenvalue weighted by Crippen LogP contribution is 2.39. The monoisotopic (exact) mass is 709 g/mol. The van der Waals surface area contributed by atoms with Gasteiger partial charge in [0.25, 0.3) is 0 Å². The number of imidazole rings is 1. The van der Waals surface area contributed by atoms with Gasteiger partial charge in [0.1, 0.15) is 28.9 Å². The molecule has 2 N–H and O–H groups in total. The van der Waals surface area contributed by atoms with Crippen LogP contribution in [0, 0.1) is 19.7 Å². The maximum atomic E-state index is 15.1. The molecule has 0 spiro atoms. The molecule has 0 aliphatic carbocycles. The first-order valence-corrected chi connectivity index (χ1v) is 17.6. The van der Waals surface area contributed by atoms with Crippen LogP contribution in [0.4, 0.5) is 13.2 Å². The van der Waals surface area contributed by atoms with Crippen LogP contribution in [-0.4, -0.2) is 68.1 Å². The summed E-state index contributed by atoms with van der Waals surface area (Å²) < 4.78 is 53.1. The summed E-state index contributed by atoms with van der Waals surface area (Å²) in [5.41, 5.74) is 8.58. The van der Waals surface area contributed by atoms with Crippen LogP contribution in [0.25, 0.3) is 56.1 Å². The quantitative estimate of drug-likeness (QED) is 0.146. The molecule has 52 heavy (non-hydrogen) atoms. The average molecular weight is 710 g/mol. The smallest absolute Gasteiger partial charge is 0.387 e. The van der Waals surface area contributed by atoms with Crippen LogP contribution < -0.4 is 4.74 Å². The predicted molar refractivity (Wildman–Crippen MR) is 192 cm³/mol. The fourth-order valence-corrected chi connectivity index (χ4v) is 7.80. The average Bonchev–Trinajstić information content (AvgIpc) is 3.93. The van der Waals surface area contributed by atoms with Gasteiger partial charge >= 0.3 is 12.6 Å². The molecule has 12 heteroatoms. The summed E-state index contributed by atoms with van der Waals surface area (Å²) >= 11 is 0. The van der Waals surface area contributed by atoms with Crippen molar-refractivity contribution in [3.8, 4) is 39.7 Å². The zero-order valence-corrected chi connectivity index (χ0v) is 28.9. The van der Waals surface area contributed by atoms with Crippen molar-refractivity contribution < 1.29 is 32.2 Å². The highest BCUT2D eigenvalue weighted by molar-refractivity contribution is 5.86. The van der Waals surface area contributed by atoms with Gasteiger partial charge in [-0.2, -0.15) is 8.78 Å². The van der Waals surface area contributed by atoms with Crippen LogP contribution >= 0.6 is 0 Å². The Morgan fingerprint density at radius 3 is 2.33 bits per heavy atom. The van der Waals surface area contributed by atoms with E-state index < -0.39 is 18.6 Å². The Labute approximate surface area is 298 Å². The molecule has 4 heterocycles. The molecule has 2 aliphatic heterocycles. The molecule has 0 unspecified atom stereocenters. The maximum Gasteiger partial charge on any atom is 0.387 e. The van der Waals surface area contributed by atoms with Gasteiger partial charge in [0.15, 0.2) is 5.58 Å². The number of carboxylic acid groups (broad SMARTS) is 1. The summed E-state index contributed by atoms with van der Waals surface area (Å²) in [5.74, 6) is -0.281. The van der Waals surface area contributed by atoms with Crippen molar-refractivity contribution in [1.29, 1.82) is 0 Å². The number of hydrogen-bond acceptors (Lipinski definition) is 7. The van der Waals surface area contributed by atoms with E-state index in [-0.39, 0.29) is 23.7 Å². The first-order valence-electron chi connectivity index (χ1n) is 17.6. The van der Waals surface area contributed by atoms with Crippen molar-refractivity contribution in [3.05, 3.63) is 88.7 Å². The number of hydrogen-bond donors (Lipinski definition) is 2. The fraction of sp³-hybridized carbons (Fsp3) is 0.325. The minimum Gasteiger partial charge on any atom is -0.480 e. The summed E-state index contributed by atoms with van der Waals surface area (Å²) in [7, 11) is 0. The van der Waals surface area contributed by atoms with Gasteiger partial charge in [0, 0.05) is 41.4 Å². The lowest BCUT2D eigenvalue weighted by Crippen LogP contribution is -2.35. The van der Waals surface area contributed by atoms with Crippen molar-refractivity contribution >= 4 is 28.1 Å². The molecule has 2 aromatic heterocycles. The normalized spacial score (nSPS) is 16.9. The molecule has 0 amide bonds. The number of nitrogens with zero attached hydrogens (tertiary/aromatic N) is 4. The minimum absolute atomic E-state index is 0.0738. The number of ether oxygens (including phenoxy) is 1. The van der Waals surface area contributed by atoms with Gasteiger partial charge in [-0.05, 0) is 106 Å². The van der Waals surface area contributed by atoms with Crippen molar-refractivity contribution in [2.75, 3.05) is 19.6 Å². The lowest BCUT2D eigenvalue weighted by Gasteiger charge is -2.22. The number of oxazole rings is 1. The lowest BCUT2D eigenvalue weighted by atomic mass is 9.91. The largest absolute Gasteiger partial charge is 0.480 e. The molecule has 2 aliphatic rings. The standard InChI is InChI=1S/C40H38F3N5O4/c1-22-26(8-5-10-28(22)37-44-31-16-24(20-47-13-3-4-14-47)30(41)18-32(31)45-37)27-9-6-11-29(23(27)2)38-46-33-17-25(21-48-15-7-12-34(48)39(49)50)35(52-40(42)43)19-36(33)51-38/h5-6,8-11,16-19,34,40H,3-4,7,12-15,20-21H2,1-2H3,(H,44,45)(H,49,50)/t34-/m0/s1. The summed E-state index contributed by atoms with van der Waals surface area (Å²) in [6, 6.07) is 17.6.